The van der Waals surface area contributed by atoms with Crippen molar-refractivity contribution in [2.24, 2.45) is 0 Å². The molecular formula is C22H23F3N4O. The number of rotatable bonds is 7. The number of aromatic nitrogens is 3. The van der Waals surface area contributed by atoms with Gasteiger partial charge in [0.1, 0.15) is 11.6 Å². The van der Waals surface area contributed by atoms with Crippen molar-refractivity contribution in [1.29, 1.82) is 0 Å². The number of hydrogen-bond acceptors (Lipinski definition) is 4. The van der Waals surface area contributed by atoms with Crippen LogP contribution in [0.5, 0.6) is 0 Å². The van der Waals surface area contributed by atoms with Crippen molar-refractivity contribution in [2.75, 3.05) is 5.32 Å². The molecule has 0 amide bonds. The highest BCUT2D eigenvalue weighted by Gasteiger charge is 2.25. The number of halogens is 3. The van der Waals surface area contributed by atoms with Gasteiger partial charge < -0.3 is 9.88 Å². The van der Waals surface area contributed by atoms with Gasteiger partial charge in [0.15, 0.2) is 0 Å². The molecule has 3 rings (SSSR count). The molecule has 30 heavy (non-hydrogen) atoms. The molecule has 0 radical (unpaired) electrons. The number of alkyl halides is 2. The molecule has 0 aliphatic heterocycles. The van der Waals surface area contributed by atoms with Crippen molar-refractivity contribution in [3.05, 3.63) is 76.2 Å². The van der Waals surface area contributed by atoms with Crippen LogP contribution in [0, 0.1) is 6.92 Å². The highest BCUT2D eigenvalue weighted by molar-refractivity contribution is 5.88. The maximum absolute atomic E-state index is 13.7. The molecule has 2 heterocycles. The first-order chi connectivity index (χ1) is 14.0. The Morgan fingerprint density at radius 2 is 2.03 bits per heavy atom. The average molecular weight is 416 g/mol. The summed E-state index contributed by atoms with van der Waals surface area (Å²) < 4.78 is 41.8. The normalized spacial score (nSPS) is 12.7. The predicted molar refractivity (Wildman–Crippen MR) is 111 cm³/mol. The third kappa shape index (κ3) is 4.87. The quantitative estimate of drug-likeness (QED) is 0.571. The zero-order valence-electron chi connectivity index (χ0n) is 17.0. The smallest absolute Gasteiger partial charge is 0.270 e. The first-order valence-corrected chi connectivity index (χ1v) is 9.51. The van der Waals surface area contributed by atoms with Gasteiger partial charge in [-0.05, 0) is 25.5 Å². The molecule has 1 aromatic carbocycles. The Labute approximate surface area is 172 Å². The number of aryl methyl sites for hydroxylation is 2. The summed E-state index contributed by atoms with van der Waals surface area (Å²) in [6, 6.07) is 7.22. The van der Waals surface area contributed by atoms with E-state index in [4.69, 9.17) is 0 Å². The minimum atomic E-state index is -2.94. The van der Waals surface area contributed by atoms with Gasteiger partial charge in [0.25, 0.3) is 11.5 Å². The second-order valence-electron chi connectivity index (χ2n) is 7.37. The molecule has 3 aromatic rings. The predicted octanol–water partition coefficient (Wildman–Crippen LogP) is 5.26. The first-order valence-electron chi connectivity index (χ1n) is 9.51. The standard InChI is InChI=1S/C22H23F3N4O/c1-13(23)8-9-29-12-18-19(11-20(29)30)27-15(3)28-21(18)26-14(2)16-6-5-7-17(10-16)22(4,24)25/h5-7,10-12,14H,1,8-9H2,2-4H3,(H,26,27,28)/t14-/m1/s1. The summed E-state index contributed by atoms with van der Waals surface area (Å²) in [6.07, 6.45) is 1.60. The van der Waals surface area contributed by atoms with E-state index >= 15 is 0 Å². The number of fused-ring (bicyclic) bond motifs is 1. The monoisotopic (exact) mass is 416 g/mol. The number of nitrogens with one attached hydrogen (secondary N) is 1. The van der Waals surface area contributed by atoms with Crippen LogP contribution in [-0.2, 0) is 12.5 Å². The third-order valence-corrected chi connectivity index (χ3v) is 4.79. The van der Waals surface area contributed by atoms with E-state index < -0.39 is 11.7 Å². The summed E-state index contributed by atoms with van der Waals surface area (Å²) in [6.45, 7) is 7.75. The molecule has 0 aliphatic rings. The van der Waals surface area contributed by atoms with E-state index in [1.807, 2.05) is 6.92 Å². The average Bonchev–Trinajstić information content (AvgIpc) is 2.65. The molecule has 1 atom stereocenters. The van der Waals surface area contributed by atoms with Crippen molar-refractivity contribution in [1.82, 2.24) is 14.5 Å². The lowest BCUT2D eigenvalue weighted by Crippen LogP contribution is -2.20. The van der Waals surface area contributed by atoms with Crippen LogP contribution in [0.1, 0.15) is 43.3 Å². The van der Waals surface area contributed by atoms with Gasteiger partial charge in [-0.25, -0.2) is 23.1 Å². The van der Waals surface area contributed by atoms with E-state index in [9.17, 15) is 18.0 Å². The van der Waals surface area contributed by atoms with Gasteiger partial charge in [0.2, 0.25) is 0 Å². The van der Waals surface area contributed by atoms with Crippen LogP contribution in [0.2, 0.25) is 0 Å². The van der Waals surface area contributed by atoms with Crippen molar-refractivity contribution < 1.29 is 13.2 Å². The molecule has 1 N–H and O–H groups in total. The van der Waals surface area contributed by atoms with E-state index in [1.165, 1.54) is 22.8 Å². The van der Waals surface area contributed by atoms with Gasteiger partial charge in [0.05, 0.1) is 16.7 Å². The van der Waals surface area contributed by atoms with Crippen molar-refractivity contribution in [3.8, 4) is 0 Å². The Bertz CT molecular complexity index is 1150. The molecule has 0 fully saturated rings. The summed E-state index contributed by atoms with van der Waals surface area (Å²) in [4.78, 5) is 21.0. The number of pyridine rings is 1. The topological polar surface area (TPSA) is 59.8 Å². The minimum Gasteiger partial charge on any atom is -0.363 e. The Morgan fingerprint density at radius 1 is 1.30 bits per heavy atom. The van der Waals surface area contributed by atoms with Crippen molar-refractivity contribution in [2.45, 2.75) is 45.7 Å². The highest BCUT2D eigenvalue weighted by Crippen LogP contribution is 2.30. The zero-order valence-corrected chi connectivity index (χ0v) is 17.0. The molecule has 0 bridgehead atoms. The first kappa shape index (κ1) is 21.5. The number of benzene rings is 1. The van der Waals surface area contributed by atoms with Gasteiger partial charge in [-0.2, -0.15) is 0 Å². The molecule has 2 aromatic heterocycles. The lowest BCUT2D eigenvalue weighted by Gasteiger charge is -2.19. The lowest BCUT2D eigenvalue weighted by molar-refractivity contribution is 0.0174. The molecule has 0 spiro atoms. The van der Waals surface area contributed by atoms with Crippen molar-refractivity contribution >= 4 is 16.7 Å². The molecule has 0 saturated heterocycles. The molecular weight excluding hydrogens is 393 g/mol. The van der Waals surface area contributed by atoms with Gasteiger partial charge >= 0.3 is 0 Å². The van der Waals surface area contributed by atoms with Crippen LogP contribution in [-0.4, -0.2) is 14.5 Å². The minimum absolute atomic E-state index is 0.0231. The highest BCUT2D eigenvalue weighted by atomic mass is 19.3. The van der Waals surface area contributed by atoms with Crippen LogP contribution in [0.15, 0.2) is 53.7 Å². The Morgan fingerprint density at radius 3 is 2.70 bits per heavy atom. The third-order valence-electron chi connectivity index (χ3n) is 4.79. The number of nitrogens with zero attached hydrogens (tertiary/aromatic N) is 3. The SMILES string of the molecule is C=C(F)CCn1cc2c(N[C@H](C)c3cccc(C(C)(F)F)c3)nc(C)nc2cc1=O. The summed E-state index contributed by atoms with van der Waals surface area (Å²) in [5.74, 6) is -2.53. The molecule has 158 valence electrons. The summed E-state index contributed by atoms with van der Waals surface area (Å²) >= 11 is 0. The van der Waals surface area contributed by atoms with Crippen LogP contribution < -0.4 is 10.9 Å². The van der Waals surface area contributed by atoms with E-state index in [0.717, 1.165) is 6.92 Å². The number of hydrogen-bond donors (Lipinski definition) is 1. The second kappa shape index (κ2) is 8.30. The largest absolute Gasteiger partial charge is 0.363 e. The number of anilines is 1. The Balaban J connectivity index is 1.99. The fraction of sp³-hybridized carbons (Fsp3) is 0.318. The van der Waals surface area contributed by atoms with Crippen LogP contribution in [0.25, 0.3) is 10.9 Å². The van der Waals surface area contributed by atoms with E-state index in [1.54, 1.807) is 25.3 Å². The second-order valence-corrected chi connectivity index (χ2v) is 7.37. The maximum Gasteiger partial charge on any atom is 0.270 e. The van der Waals surface area contributed by atoms with Gasteiger partial charge in [-0.15, -0.1) is 0 Å². The van der Waals surface area contributed by atoms with Crippen LogP contribution in [0.4, 0.5) is 19.0 Å². The summed E-state index contributed by atoms with van der Waals surface area (Å²) in [5.41, 5.74) is 0.739. The Kier molecular flexibility index (Phi) is 5.96. The van der Waals surface area contributed by atoms with Crippen LogP contribution in [0.3, 0.4) is 0 Å². The molecule has 5 nitrogen and oxygen atoms in total. The Hall–Kier alpha value is -3.16. The van der Waals surface area contributed by atoms with E-state index in [-0.39, 0.29) is 30.1 Å². The van der Waals surface area contributed by atoms with Gasteiger partial charge in [0, 0.05) is 43.8 Å². The van der Waals surface area contributed by atoms with Crippen molar-refractivity contribution in [3.63, 3.8) is 0 Å². The fourth-order valence-corrected chi connectivity index (χ4v) is 3.16. The lowest BCUT2D eigenvalue weighted by atomic mass is 10.0. The van der Waals surface area contributed by atoms with Crippen LogP contribution >= 0.6 is 0 Å². The molecule has 0 unspecified atom stereocenters. The maximum atomic E-state index is 13.7. The van der Waals surface area contributed by atoms with E-state index in [2.05, 4.69) is 21.9 Å². The fourth-order valence-electron chi connectivity index (χ4n) is 3.16. The summed E-state index contributed by atoms with van der Waals surface area (Å²) in [7, 11) is 0. The molecule has 0 saturated carbocycles. The summed E-state index contributed by atoms with van der Waals surface area (Å²) in [5, 5.41) is 3.81. The molecule has 0 aliphatic carbocycles. The number of allylic oxidation sites excluding steroid dienone is 1. The molecule has 8 heteroatoms. The van der Waals surface area contributed by atoms with E-state index in [0.29, 0.717) is 28.1 Å². The van der Waals surface area contributed by atoms with Gasteiger partial charge in [-0.1, -0.05) is 24.8 Å². The zero-order chi connectivity index (χ0) is 22.1. The van der Waals surface area contributed by atoms with Gasteiger partial charge in [-0.3, -0.25) is 4.79 Å².